The minimum Gasteiger partial charge on any atom is -0.334 e. The van der Waals surface area contributed by atoms with Crippen molar-refractivity contribution in [2.75, 3.05) is 12.4 Å². The molecule has 0 N–H and O–H groups in total. The van der Waals surface area contributed by atoms with Gasteiger partial charge in [0.1, 0.15) is 0 Å². The molecule has 1 atom stereocenters. The summed E-state index contributed by atoms with van der Waals surface area (Å²) < 4.78 is 2.42. The molecule has 1 unspecified atom stereocenters. The monoisotopic (exact) mass is 299 g/mol. The molecule has 96 valence electrons. The lowest BCUT2D eigenvalue weighted by Crippen LogP contribution is -2.44. The van der Waals surface area contributed by atoms with Crippen LogP contribution >= 0.6 is 34.3 Å². The largest absolute Gasteiger partial charge is 0.334 e. The Labute approximate surface area is 119 Å². The summed E-state index contributed by atoms with van der Waals surface area (Å²) in [5.41, 5.74) is 0. The van der Waals surface area contributed by atoms with Crippen molar-refractivity contribution in [1.29, 1.82) is 0 Å². The van der Waals surface area contributed by atoms with E-state index in [0.29, 0.717) is 5.88 Å². The van der Waals surface area contributed by atoms with Crippen molar-refractivity contribution in [3.05, 3.63) is 22.4 Å². The number of hydrogen-bond donors (Lipinski definition) is 0. The normalized spacial score (nSPS) is 20.5. The predicted molar refractivity (Wildman–Crippen MR) is 79.1 cm³/mol. The molecule has 0 aromatic carbocycles. The molecule has 0 radical (unpaired) electrons. The van der Waals surface area contributed by atoms with Gasteiger partial charge in [0.05, 0.1) is 4.88 Å². The number of halogens is 1. The van der Waals surface area contributed by atoms with Gasteiger partial charge in [-0.05, 0) is 36.8 Å². The fraction of sp³-hybridized carbons (Fsp3) is 0.462. The van der Waals surface area contributed by atoms with Crippen molar-refractivity contribution in [3.8, 4) is 0 Å². The first-order valence-electron chi connectivity index (χ1n) is 6.13. The Morgan fingerprint density at radius 3 is 3.11 bits per heavy atom. The van der Waals surface area contributed by atoms with Crippen molar-refractivity contribution in [2.45, 2.75) is 25.3 Å². The number of piperidine rings is 1. The highest BCUT2D eigenvalue weighted by atomic mass is 35.5. The minimum atomic E-state index is 0.161. The number of alkyl halides is 1. The van der Waals surface area contributed by atoms with Gasteiger partial charge in [-0.1, -0.05) is 0 Å². The first-order chi connectivity index (χ1) is 8.79. The Balaban J connectivity index is 1.86. The Morgan fingerprint density at radius 1 is 1.44 bits per heavy atom. The number of rotatable bonds is 2. The summed E-state index contributed by atoms with van der Waals surface area (Å²) in [6, 6.07) is 4.32. The summed E-state index contributed by atoms with van der Waals surface area (Å²) in [6.07, 6.45) is 3.31. The highest BCUT2D eigenvalue weighted by Crippen LogP contribution is 2.32. The maximum Gasteiger partial charge on any atom is 0.264 e. The highest BCUT2D eigenvalue weighted by molar-refractivity contribution is 7.27. The van der Waals surface area contributed by atoms with Crippen molar-refractivity contribution in [1.82, 2.24) is 4.90 Å². The quantitative estimate of drug-likeness (QED) is 0.761. The van der Waals surface area contributed by atoms with Crippen LogP contribution in [0.15, 0.2) is 17.5 Å². The summed E-state index contributed by atoms with van der Waals surface area (Å²) in [7, 11) is 0. The van der Waals surface area contributed by atoms with Crippen LogP contribution in [0.5, 0.6) is 0 Å². The van der Waals surface area contributed by atoms with Gasteiger partial charge in [-0.2, -0.15) is 0 Å². The van der Waals surface area contributed by atoms with Crippen LogP contribution in [0.3, 0.4) is 0 Å². The molecule has 0 aliphatic carbocycles. The van der Waals surface area contributed by atoms with Crippen LogP contribution in [0.1, 0.15) is 28.9 Å². The summed E-state index contributed by atoms with van der Waals surface area (Å²) >= 11 is 9.26. The van der Waals surface area contributed by atoms with Gasteiger partial charge in [-0.3, -0.25) is 4.79 Å². The van der Waals surface area contributed by atoms with E-state index in [2.05, 4.69) is 11.4 Å². The zero-order valence-electron chi connectivity index (χ0n) is 9.89. The van der Waals surface area contributed by atoms with Crippen LogP contribution in [0.25, 0.3) is 9.40 Å². The molecule has 1 fully saturated rings. The van der Waals surface area contributed by atoms with Gasteiger partial charge in [0.25, 0.3) is 5.91 Å². The van der Waals surface area contributed by atoms with Crippen molar-refractivity contribution in [2.24, 2.45) is 0 Å². The molecule has 2 aromatic rings. The molecule has 1 saturated heterocycles. The second-order valence-electron chi connectivity index (χ2n) is 4.56. The van der Waals surface area contributed by atoms with Crippen LogP contribution < -0.4 is 0 Å². The molecule has 3 rings (SSSR count). The topological polar surface area (TPSA) is 20.3 Å². The maximum absolute atomic E-state index is 12.5. The van der Waals surface area contributed by atoms with Crippen LogP contribution in [-0.2, 0) is 0 Å². The van der Waals surface area contributed by atoms with Crippen molar-refractivity contribution in [3.63, 3.8) is 0 Å². The lowest BCUT2D eigenvalue weighted by atomic mass is 10.0. The Kier molecular flexibility index (Phi) is 3.59. The third-order valence-electron chi connectivity index (χ3n) is 3.42. The van der Waals surface area contributed by atoms with Gasteiger partial charge in [0.2, 0.25) is 0 Å². The minimum absolute atomic E-state index is 0.161. The predicted octanol–water partition coefficient (Wildman–Crippen LogP) is 4.20. The van der Waals surface area contributed by atoms with Crippen molar-refractivity contribution < 1.29 is 4.79 Å². The van der Waals surface area contributed by atoms with Gasteiger partial charge in [-0.15, -0.1) is 34.3 Å². The second-order valence-corrected chi connectivity index (χ2v) is 6.90. The first-order valence-corrected chi connectivity index (χ1v) is 8.36. The fourth-order valence-corrected chi connectivity index (χ4v) is 4.83. The Bertz CT molecular complexity index is 534. The molecule has 1 aliphatic heterocycles. The maximum atomic E-state index is 12.5. The van der Waals surface area contributed by atoms with Crippen LogP contribution in [-0.4, -0.2) is 29.3 Å². The van der Waals surface area contributed by atoms with E-state index in [4.69, 9.17) is 11.6 Å². The van der Waals surface area contributed by atoms with E-state index in [1.165, 1.54) is 15.8 Å². The molecule has 0 spiro atoms. The van der Waals surface area contributed by atoms with Gasteiger partial charge in [0.15, 0.2) is 0 Å². The number of fused-ring (bicyclic) bond motifs is 1. The van der Waals surface area contributed by atoms with E-state index in [9.17, 15) is 4.79 Å². The number of carbonyl (C=O) groups excluding carboxylic acids is 1. The lowest BCUT2D eigenvalue weighted by molar-refractivity contribution is 0.0644. The van der Waals surface area contributed by atoms with E-state index in [-0.39, 0.29) is 11.9 Å². The van der Waals surface area contributed by atoms with Crippen LogP contribution in [0, 0.1) is 0 Å². The number of hydrogen-bond acceptors (Lipinski definition) is 3. The van der Waals surface area contributed by atoms with Gasteiger partial charge in [0, 0.05) is 27.9 Å². The van der Waals surface area contributed by atoms with E-state index < -0.39 is 0 Å². The summed E-state index contributed by atoms with van der Waals surface area (Å²) in [5, 5.41) is 2.07. The first kappa shape index (κ1) is 12.5. The number of thiophene rings is 2. The zero-order valence-corrected chi connectivity index (χ0v) is 12.3. The summed E-state index contributed by atoms with van der Waals surface area (Å²) in [6.45, 7) is 0.849. The molecular formula is C13H14ClNOS2. The molecular weight excluding hydrogens is 286 g/mol. The van der Waals surface area contributed by atoms with Gasteiger partial charge >= 0.3 is 0 Å². The molecule has 2 nitrogen and oxygen atoms in total. The second kappa shape index (κ2) is 5.19. The average Bonchev–Trinajstić information content (AvgIpc) is 2.98. The zero-order chi connectivity index (χ0) is 12.5. The number of nitrogens with zero attached hydrogens (tertiary/aromatic N) is 1. The molecule has 2 aromatic heterocycles. The van der Waals surface area contributed by atoms with E-state index in [0.717, 1.165) is 24.3 Å². The highest BCUT2D eigenvalue weighted by Gasteiger charge is 2.27. The average molecular weight is 300 g/mol. The molecule has 18 heavy (non-hydrogen) atoms. The van der Waals surface area contributed by atoms with Crippen LogP contribution in [0.4, 0.5) is 0 Å². The Morgan fingerprint density at radius 2 is 2.33 bits per heavy atom. The standard InChI is InChI=1S/C13H14ClNOS2/c14-8-9-3-1-2-5-15(9)13(16)12-7-11-10(18-12)4-6-17-11/h4,6-7,9H,1-3,5,8H2. The molecule has 5 heteroatoms. The molecule has 1 amide bonds. The Hall–Kier alpha value is -0.580. The van der Waals surface area contributed by atoms with E-state index in [1.54, 1.807) is 22.7 Å². The lowest BCUT2D eigenvalue weighted by Gasteiger charge is -2.34. The molecule has 3 heterocycles. The number of amides is 1. The van der Waals surface area contributed by atoms with E-state index >= 15 is 0 Å². The SMILES string of the molecule is O=C(c1cc2sccc2s1)N1CCCCC1CCl. The molecule has 0 bridgehead atoms. The van der Waals surface area contributed by atoms with Gasteiger partial charge in [-0.25, -0.2) is 0 Å². The van der Waals surface area contributed by atoms with Gasteiger partial charge < -0.3 is 4.90 Å². The molecule has 1 aliphatic rings. The summed E-state index contributed by atoms with van der Waals surface area (Å²) in [5.74, 6) is 0.708. The van der Waals surface area contributed by atoms with Crippen LogP contribution in [0.2, 0.25) is 0 Å². The molecule has 0 saturated carbocycles. The summed E-state index contributed by atoms with van der Waals surface area (Å²) in [4.78, 5) is 15.3. The third-order valence-corrected chi connectivity index (χ3v) is 5.85. The number of carbonyl (C=O) groups is 1. The third kappa shape index (κ3) is 2.17. The number of likely N-dealkylation sites (tertiary alicyclic amines) is 1. The smallest absolute Gasteiger partial charge is 0.264 e. The fourth-order valence-electron chi connectivity index (χ4n) is 2.44. The van der Waals surface area contributed by atoms with Crippen molar-refractivity contribution >= 4 is 49.6 Å². The van der Waals surface area contributed by atoms with E-state index in [1.807, 2.05) is 11.0 Å².